The fraction of sp³-hybridized carbons (Fsp3) is 0.417. The van der Waals surface area contributed by atoms with Crippen LogP contribution in [0.2, 0.25) is 0 Å². The minimum Gasteiger partial charge on any atom is -0.391 e. The number of nitrogens with zero attached hydrogens (tertiary/aromatic N) is 2. The molecule has 0 unspecified atom stereocenters. The van der Waals surface area contributed by atoms with Crippen LogP contribution >= 0.6 is 0 Å². The van der Waals surface area contributed by atoms with Crippen LogP contribution in [0.5, 0.6) is 0 Å². The van der Waals surface area contributed by atoms with Gasteiger partial charge in [-0.05, 0) is 25.0 Å². The summed E-state index contributed by atoms with van der Waals surface area (Å²) < 4.78 is 0. The van der Waals surface area contributed by atoms with E-state index in [-0.39, 0.29) is 11.7 Å². The number of hydrogen-bond donors (Lipinski definition) is 2. The summed E-state index contributed by atoms with van der Waals surface area (Å²) in [5.41, 5.74) is 1.16. The molecule has 7 heteroatoms. The number of non-ortho nitro benzene ring substituents is 1. The highest BCUT2D eigenvalue weighted by atomic mass is 16.6. The van der Waals surface area contributed by atoms with Crippen LogP contribution in [0.15, 0.2) is 18.2 Å². The predicted octanol–water partition coefficient (Wildman–Crippen LogP) is 1.50. The Balaban J connectivity index is 2.07. The molecule has 2 N–H and O–H groups in total. The molecule has 2 rings (SSSR count). The van der Waals surface area contributed by atoms with Gasteiger partial charge in [0.05, 0.1) is 11.0 Å². The van der Waals surface area contributed by atoms with Gasteiger partial charge in [0.15, 0.2) is 0 Å². The molecule has 1 saturated heterocycles. The summed E-state index contributed by atoms with van der Waals surface area (Å²) in [7, 11) is 0. The number of carbonyl (C=O) groups is 1. The van der Waals surface area contributed by atoms with Crippen molar-refractivity contribution in [3.63, 3.8) is 0 Å². The summed E-state index contributed by atoms with van der Waals surface area (Å²) in [4.78, 5) is 23.6. The number of nitro groups is 1. The van der Waals surface area contributed by atoms with Gasteiger partial charge in [-0.25, -0.2) is 4.79 Å². The van der Waals surface area contributed by atoms with Crippen molar-refractivity contribution in [2.45, 2.75) is 19.4 Å². The lowest BCUT2D eigenvalue weighted by Gasteiger charge is -2.17. The number of β-amino-alcohol motifs (C(OH)–C–C–N with tert-alkyl or cyclic N) is 1. The molecule has 1 aromatic rings. The molecule has 1 atom stereocenters. The molecule has 19 heavy (non-hydrogen) atoms. The maximum Gasteiger partial charge on any atom is 0.321 e. The van der Waals surface area contributed by atoms with Gasteiger partial charge in [-0.1, -0.05) is 0 Å². The topological polar surface area (TPSA) is 95.7 Å². The number of hydrogen-bond acceptors (Lipinski definition) is 4. The van der Waals surface area contributed by atoms with Crippen LogP contribution in [0.3, 0.4) is 0 Å². The maximum absolute atomic E-state index is 11.9. The van der Waals surface area contributed by atoms with Gasteiger partial charge in [-0.2, -0.15) is 0 Å². The molecule has 7 nitrogen and oxygen atoms in total. The highest BCUT2D eigenvalue weighted by molar-refractivity contribution is 5.90. The standard InChI is InChI=1S/C12H15N3O4/c1-8-6-9(15(18)19)2-3-11(8)13-12(17)14-5-4-10(16)7-14/h2-3,6,10,16H,4-5,7H2,1H3,(H,13,17)/t10-/m0/s1. The average Bonchev–Trinajstić information content (AvgIpc) is 2.78. The number of rotatable bonds is 2. The zero-order valence-electron chi connectivity index (χ0n) is 10.5. The molecular formula is C12H15N3O4. The van der Waals surface area contributed by atoms with Crippen molar-refractivity contribution in [2.75, 3.05) is 18.4 Å². The third-order valence-corrected chi connectivity index (χ3v) is 3.11. The largest absolute Gasteiger partial charge is 0.391 e. The number of likely N-dealkylation sites (tertiary alicyclic amines) is 1. The second kappa shape index (κ2) is 5.23. The van der Waals surface area contributed by atoms with Gasteiger partial charge in [0.1, 0.15) is 0 Å². The molecule has 0 radical (unpaired) electrons. The molecule has 0 aliphatic carbocycles. The van der Waals surface area contributed by atoms with E-state index < -0.39 is 11.0 Å². The number of nitro benzene ring substituents is 1. The third kappa shape index (κ3) is 3.00. The Morgan fingerprint density at radius 3 is 2.84 bits per heavy atom. The van der Waals surface area contributed by atoms with E-state index in [9.17, 15) is 20.0 Å². The van der Waals surface area contributed by atoms with Crippen molar-refractivity contribution in [3.05, 3.63) is 33.9 Å². The summed E-state index contributed by atoms with van der Waals surface area (Å²) >= 11 is 0. The van der Waals surface area contributed by atoms with E-state index in [1.807, 2.05) is 0 Å². The number of amides is 2. The summed E-state index contributed by atoms with van der Waals surface area (Å²) in [5, 5.41) is 22.7. The van der Waals surface area contributed by atoms with Crippen LogP contribution < -0.4 is 5.32 Å². The van der Waals surface area contributed by atoms with Crippen LogP contribution in [0, 0.1) is 17.0 Å². The van der Waals surface area contributed by atoms with Crippen molar-refractivity contribution in [1.29, 1.82) is 0 Å². The number of urea groups is 1. The number of anilines is 1. The number of aliphatic hydroxyl groups excluding tert-OH is 1. The monoisotopic (exact) mass is 265 g/mol. The van der Waals surface area contributed by atoms with Gasteiger partial charge in [-0.15, -0.1) is 0 Å². The molecule has 0 saturated carbocycles. The highest BCUT2D eigenvalue weighted by Crippen LogP contribution is 2.22. The quantitative estimate of drug-likeness (QED) is 0.625. The van der Waals surface area contributed by atoms with E-state index in [0.29, 0.717) is 30.8 Å². The molecule has 0 spiro atoms. The molecule has 1 aliphatic heterocycles. The molecule has 2 amide bonds. The first-order valence-electron chi connectivity index (χ1n) is 5.96. The van der Waals surface area contributed by atoms with Crippen molar-refractivity contribution in [1.82, 2.24) is 4.90 Å². The first-order chi connectivity index (χ1) is 8.97. The Kier molecular flexibility index (Phi) is 3.66. The predicted molar refractivity (Wildman–Crippen MR) is 69.0 cm³/mol. The number of nitrogens with one attached hydrogen (secondary N) is 1. The van der Waals surface area contributed by atoms with E-state index in [4.69, 9.17) is 0 Å². The van der Waals surface area contributed by atoms with Gasteiger partial charge < -0.3 is 15.3 Å². The summed E-state index contributed by atoms with van der Waals surface area (Å²) in [5.74, 6) is 0. The fourth-order valence-corrected chi connectivity index (χ4v) is 2.02. The number of aryl methyl sites for hydroxylation is 1. The van der Waals surface area contributed by atoms with E-state index in [1.165, 1.54) is 23.1 Å². The van der Waals surface area contributed by atoms with Gasteiger partial charge >= 0.3 is 6.03 Å². The minimum absolute atomic E-state index is 0.00732. The molecule has 1 heterocycles. The van der Waals surface area contributed by atoms with Crippen molar-refractivity contribution < 1.29 is 14.8 Å². The zero-order chi connectivity index (χ0) is 14.0. The molecular weight excluding hydrogens is 250 g/mol. The summed E-state index contributed by atoms with van der Waals surface area (Å²) in [6, 6.07) is 3.97. The van der Waals surface area contributed by atoms with Crippen LogP contribution in [0.25, 0.3) is 0 Å². The van der Waals surface area contributed by atoms with Gasteiger partial charge in [-0.3, -0.25) is 10.1 Å². The van der Waals surface area contributed by atoms with Crippen molar-refractivity contribution in [3.8, 4) is 0 Å². The Morgan fingerprint density at radius 1 is 1.58 bits per heavy atom. The lowest BCUT2D eigenvalue weighted by Crippen LogP contribution is -2.33. The van der Waals surface area contributed by atoms with Crippen molar-refractivity contribution >= 4 is 17.4 Å². The average molecular weight is 265 g/mol. The van der Waals surface area contributed by atoms with E-state index in [0.717, 1.165) is 0 Å². The Hall–Kier alpha value is -2.15. The second-order valence-electron chi connectivity index (χ2n) is 4.58. The molecule has 1 fully saturated rings. The molecule has 1 aliphatic rings. The number of carbonyl (C=O) groups excluding carboxylic acids is 1. The van der Waals surface area contributed by atoms with Crippen LogP contribution in [-0.4, -0.2) is 40.2 Å². The smallest absolute Gasteiger partial charge is 0.321 e. The van der Waals surface area contributed by atoms with Gasteiger partial charge in [0, 0.05) is 30.9 Å². The van der Waals surface area contributed by atoms with Crippen LogP contribution in [0.4, 0.5) is 16.2 Å². The first kappa shape index (κ1) is 13.3. The molecule has 0 bridgehead atoms. The highest BCUT2D eigenvalue weighted by Gasteiger charge is 2.24. The molecule has 102 valence electrons. The lowest BCUT2D eigenvalue weighted by molar-refractivity contribution is -0.384. The maximum atomic E-state index is 11.9. The van der Waals surface area contributed by atoms with E-state index >= 15 is 0 Å². The van der Waals surface area contributed by atoms with Gasteiger partial charge in [0.25, 0.3) is 5.69 Å². The SMILES string of the molecule is Cc1cc([N+](=O)[O-])ccc1NC(=O)N1CC[C@H](O)C1. The lowest BCUT2D eigenvalue weighted by atomic mass is 10.2. The fourth-order valence-electron chi connectivity index (χ4n) is 2.02. The van der Waals surface area contributed by atoms with E-state index in [1.54, 1.807) is 6.92 Å². The third-order valence-electron chi connectivity index (χ3n) is 3.11. The van der Waals surface area contributed by atoms with Gasteiger partial charge in [0.2, 0.25) is 0 Å². The number of aliphatic hydroxyl groups is 1. The Morgan fingerprint density at radius 2 is 2.32 bits per heavy atom. The number of benzene rings is 1. The van der Waals surface area contributed by atoms with Crippen LogP contribution in [0.1, 0.15) is 12.0 Å². The normalized spacial score (nSPS) is 18.4. The second-order valence-corrected chi connectivity index (χ2v) is 4.58. The first-order valence-corrected chi connectivity index (χ1v) is 5.96. The van der Waals surface area contributed by atoms with Crippen LogP contribution in [-0.2, 0) is 0 Å². The minimum atomic E-state index is -0.477. The summed E-state index contributed by atoms with van der Waals surface area (Å²) in [6.45, 7) is 2.53. The molecule has 0 aromatic heterocycles. The zero-order valence-corrected chi connectivity index (χ0v) is 10.5. The molecule has 1 aromatic carbocycles. The summed E-state index contributed by atoms with van der Waals surface area (Å²) in [6.07, 6.45) is 0.107. The Bertz CT molecular complexity index is 518. The van der Waals surface area contributed by atoms with E-state index in [2.05, 4.69) is 5.32 Å². The van der Waals surface area contributed by atoms with Crippen molar-refractivity contribution in [2.24, 2.45) is 0 Å². The Labute approximate surface area is 110 Å².